The molecule has 1 amide bonds. The summed E-state index contributed by atoms with van der Waals surface area (Å²) in [6, 6.07) is 16.2. The Hall–Kier alpha value is -3.03. The highest BCUT2D eigenvalue weighted by Crippen LogP contribution is 2.26. The summed E-state index contributed by atoms with van der Waals surface area (Å²) in [4.78, 5) is 22.5. The molecule has 0 fully saturated rings. The van der Waals surface area contributed by atoms with Gasteiger partial charge in [-0.2, -0.15) is 0 Å². The third-order valence-corrected chi connectivity index (χ3v) is 6.38. The van der Waals surface area contributed by atoms with Gasteiger partial charge in [0, 0.05) is 28.4 Å². The van der Waals surface area contributed by atoms with E-state index in [2.05, 4.69) is 46.5 Å². The summed E-state index contributed by atoms with van der Waals surface area (Å²) in [5, 5.41) is 6.31. The molecule has 2 heterocycles. The van der Waals surface area contributed by atoms with Crippen LogP contribution in [0.4, 0.5) is 5.13 Å². The molecule has 0 bridgehead atoms. The molecule has 4 rings (SSSR count). The normalized spacial score (nSPS) is 10.7. The molecule has 4 aromatic rings. The van der Waals surface area contributed by atoms with E-state index >= 15 is 0 Å². The summed E-state index contributed by atoms with van der Waals surface area (Å²) in [5.74, 6) is 0.693. The van der Waals surface area contributed by atoms with Crippen molar-refractivity contribution in [2.75, 3.05) is 12.4 Å². The predicted octanol–water partition coefficient (Wildman–Crippen LogP) is 5.36. The van der Waals surface area contributed by atoms with E-state index in [9.17, 15) is 4.79 Å². The molecule has 0 aliphatic rings. The van der Waals surface area contributed by atoms with Gasteiger partial charge in [0.1, 0.15) is 10.8 Å². The molecule has 30 heavy (non-hydrogen) atoms. The molecule has 0 atom stereocenters. The number of benzene rings is 2. The van der Waals surface area contributed by atoms with Gasteiger partial charge >= 0.3 is 0 Å². The zero-order chi connectivity index (χ0) is 20.9. The third-order valence-electron chi connectivity index (χ3n) is 4.53. The molecule has 0 spiro atoms. The van der Waals surface area contributed by atoms with Crippen molar-refractivity contribution in [1.29, 1.82) is 0 Å². The van der Waals surface area contributed by atoms with Crippen molar-refractivity contribution in [3.63, 3.8) is 0 Å². The zero-order valence-corrected chi connectivity index (χ0v) is 18.3. The second-order valence-electron chi connectivity index (χ2n) is 6.89. The fraction of sp³-hybridized carbons (Fsp3) is 0.174. The van der Waals surface area contributed by atoms with Gasteiger partial charge in [0.2, 0.25) is 5.91 Å². The Balaban J connectivity index is 1.34. The second kappa shape index (κ2) is 9.19. The van der Waals surface area contributed by atoms with Gasteiger partial charge in [0.25, 0.3) is 0 Å². The van der Waals surface area contributed by atoms with E-state index in [0.717, 1.165) is 33.3 Å². The number of carbonyl (C=O) groups excluding carboxylic acids is 1. The molecule has 7 heteroatoms. The Morgan fingerprint density at radius 3 is 2.60 bits per heavy atom. The summed E-state index contributed by atoms with van der Waals surface area (Å²) in [7, 11) is 1.64. The summed E-state index contributed by atoms with van der Waals surface area (Å²) in [5.41, 5.74) is 4.23. The molecule has 0 aliphatic heterocycles. The van der Waals surface area contributed by atoms with E-state index in [1.807, 2.05) is 35.8 Å². The van der Waals surface area contributed by atoms with E-state index in [1.165, 1.54) is 33.8 Å². The van der Waals surface area contributed by atoms with Crippen LogP contribution in [0.25, 0.3) is 10.6 Å². The molecule has 0 unspecified atom stereocenters. The average Bonchev–Trinajstić information content (AvgIpc) is 3.39. The molecule has 0 aliphatic carbocycles. The van der Waals surface area contributed by atoms with Gasteiger partial charge in [-0.05, 0) is 36.8 Å². The van der Waals surface area contributed by atoms with E-state index in [4.69, 9.17) is 4.74 Å². The van der Waals surface area contributed by atoms with Crippen molar-refractivity contribution in [3.05, 3.63) is 81.8 Å². The van der Waals surface area contributed by atoms with Crippen molar-refractivity contribution in [2.45, 2.75) is 19.8 Å². The highest BCUT2D eigenvalue weighted by molar-refractivity contribution is 7.15. The van der Waals surface area contributed by atoms with Gasteiger partial charge in [-0.25, -0.2) is 9.97 Å². The maximum Gasteiger partial charge on any atom is 0.232 e. The van der Waals surface area contributed by atoms with Gasteiger partial charge in [-0.3, -0.25) is 4.79 Å². The van der Waals surface area contributed by atoms with Gasteiger partial charge in [-0.15, -0.1) is 22.7 Å². The number of ether oxygens (including phenoxy) is 1. The van der Waals surface area contributed by atoms with Crippen LogP contribution in [0, 0.1) is 6.92 Å². The SMILES string of the molecule is COc1ccc(-c2nc(CC(=O)Nc3ncc(Cc4ccc(C)cc4)s3)cs2)cc1. The molecule has 2 aromatic heterocycles. The number of aryl methyl sites for hydroxylation is 1. The summed E-state index contributed by atoms with van der Waals surface area (Å²) in [6.07, 6.45) is 2.86. The fourth-order valence-electron chi connectivity index (χ4n) is 2.94. The van der Waals surface area contributed by atoms with E-state index in [0.29, 0.717) is 5.13 Å². The molecule has 0 saturated carbocycles. The third kappa shape index (κ3) is 5.11. The van der Waals surface area contributed by atoms with Crippen LogP contribution in [0.3, 0.4) is 0 Å². The maximum atomic E-state index is 12.4. The number of thiazole rings is 2. The lowest BCUT2D eigenvalue weighted by atomic mass is 10.1. The van der Waals surface area contributed by atoms with E-state index in [1.54, 1.807) is 7.11 Å². The topological polar surface area (TPSA) is 64.1 Å². The molecule has 2 aromatic carbocycles. The Labute approximate surface area is 183 Å². The van der Waals surface area contributed by atoms with Crippen LogP contribution in [0.15, 0.2) is 60.1 Å². The maximum absolute atomic E-state index is 12.4. The number of hydrogen-bond donors (Lipinski definition) is 1. The first-order valence-corrected chi connectivity index (χ1v) is 11.2. The van der Waals surface area contributed by atoms with E-state index < -0.39 is 0 Å². The van der Waals surface area contributed by atoms with Crippen LogP contribution < -0.4 is 10.1 Å². The lowest BCUT2D eigenvalue weighted by molar-refractivity contribution is -0.115. The van der Waals surface area contributed by atoms with Crippen LogP contribution in [0.1, 0.15) is 21.7 Å². The minimum Gasteiger partial charge on any atom is -0.497 e. The van der Waals surface area contributed by atoms with Gasteiger partial charge in [0.05, 0.1) is 19.2 Å². The van der Waals surface area contributed by atoms with Crippen molar-refractivity contribution in [1.82, 2.24) is 9.97 Å². The Morgan fingerprint density at radius 2 is 1.87 bits per heavy atom. The number of aromatic nitrogens is 2. The first kappa shape index (κ1) is 20.3. The molecule has 1 N–H and O–H groups in total. The Kier molecular flexibility index (Phi) is 6.21. The summed E-state index contributed by atoms with van der Waals surface area (Å²) in [6.45, 7) is 2.08. The number of amides is 1. The predicted molar refractivity (Wildman–Crippen MR) is 123 cm³/mol. The van der Waals surface area contributed by atoms with Crippen molar-refractivity contribution in [2.24, 2.45) is 0 Å². The van der Waals surface area contributed by atoms with Crippen molar-refractivity contribution < 1.29 is 9.53 Å². The number of anilines is 1. The zero-order valence-electron chi connectivity index (χ0n) is 16.7. The quantitative estimate of drug-likeness (QED) is 0.425. The standard InChI is InChI=1S/C23H21N3O2S2/c1-15-3-5-16(6-4-15)11-20-13-24-23(30-20)26-21(27)12-18-14-29-22(25-18)17-7-9-19(28-2)10-8-17/h3-10,13-14H,11-12H2,1-2H3,(H,24,26,27). The number of nitrogens with zero attached hydrogens (tertiary/aromatic N) is 2. The van der Waals surface area contributed by atoms with Crippen LogP contribution in [0.5, 0.6) is 5.75 Å². The Morgan fingerprint density at radius 1 is 1.10 bits per heavy atom. The van der Waals surface area contributed by atoms with Crippen LogP contribution in [-0.4, -0.2) is 23.0 Å². The number of methoxy groups -OCH3 is 1. The highest BCUT2D eigenvalue weighted by atomic mass is 32.1. The summed E-state index contributed by atoms with van der Waals surface area (Å²) >= 11 is 3.03. The first-order chi connectivity index (χ1) is 14.6. The number of nitrogens with one attached hydrogen (secondary N) is 1. The molecule has 152 valence electrons. The van der Waals surface area contributed by atoms with Crippen LogP contribution in [0.2, 0.25) is 0 Å². The fourth-order valence-corrected chi connectivity index (χ4v) is 4.63. The lowest BCUT2D eigenvalue weighted by Crippen LogP contribution is -2.14. The minimum atomic E-state index is -0.113. The molecular weight excluding hydrogens is 414 g/mol. The van der Waals surface area contributed by atoms with E-state index in [-0.39, 0.29) is 12.3 Å². The second-order valence-corrected chi connectivity index (χ2v) is 8.86. The number of rotatable bonds is 7. The number of carbonyl (C=O) groups is 1. The van der Waals surface area contributed by atoms with Crippen molar-refractivity contribution in [3.8, 4) is 16.3 Å². The minimum absolute atomic E-state index is 0.113. The first-order valence-electron chi connectivity index (χ1n) is 9.48. The summed E-state index contributed by atoms with van der Waals surface area (Å²) < 4.78 is 5.18. The smallest absolute Gasteiger partial charge is 0.232 e. The highest BCUT2D eigenvalue weighted by Gasteiger charge is 2.12. The molecule has 5 nitrogen and oxygen atoms in total. The Bertz CT molecular complexity index is 1130. The van der Waals surface area contributed by atoms with Crippen molar-refractivity contribution >= 4 is 33.7 Å². The average molecular weight is 436 g/mol. The number of hydrogen-bond acceptors (Lipinski definition) is 6. The van der Waals surface area contributed by atoms with Crippen LogP contribution >= 0.6 is 22.7 Å². The van der Waals surface area contributed by atoms with Gasteiger partial charge in [-0.1, -0.05) is 29.8 Å². The van der Waals surface area contributed by atoms with Gasteiger partial charge < -0.3 is 10.1 Å². The monoisotopic (exact) mass is 435 g/mol. The molecule has 0 radical (unpaired) electrons. The molecule has 0 saturated heterocycles. The largest absolute Gasteiger partial charge is 0.497 e. The lowest BCUT2D eigenvalue weighted by Gasteiger charge is -2.01. The van der Waals surface area contributed by atoms with Gasteiger partial charge in [0.15, 0.2) is 5.13 Å². The molecular formula is C23H21N3O2S2. The van der Waals surface area contributed by atoms with Crippen LogP contribution in [-0.2, 0) is 17.6 Å².